The number of hydrogen-bond donors (Lipinski definition) is 0. The van der Waals surface area contributed by atoms with Gasteiger partial charge in [-0.25, -0.2) is 8.42 Å². The highest BCUT2D eigenvalue weighted by atomic mass is 35.5. The molecule has 0 aliphatic heterocycles. The van der Waals surface area contributed by atoms with E-state index in [4.69, 9.17) is 11.6 Å². The van der Waals surface area contributed by atoms with Crippen LogP contribution in [0, 0.1) is 0 Å². The van der Waals surface area contributed by atoms with Gasteiger partial charge in [-0.3, -0.25) is 4.79 Å². The first-order chi connectivity index (χ1) is 4.19. The van der Waals surface area contributed by atoms with E-state index < -0.39 is 19.8 Å². The van der Waals surface area contributed by atoms with Gasteiger partial charge in [-0.2, -0.15) is 0 Å². The molecule has 0 aromatic carbocycles. The van der Waals surface area contributed by atoms with Crippen molar-refractivity contribution in [3.63, 3.8) is 0 Å². The Balaban J connectivity index is 4.95. The van der Waals surface area contributed by atoms with Gasteiger partial charge in [0.05, 0.1) is 0 Å². The molecule has 0 N–H and O–H groups in total. The third-order valence-corrected chi connectivity index (χ3v) is 4.02. The first kappa shape index (κ1) is 9.91. The lowest BCUT2D eigenvalue weighted by atomic mass is 10.2. The summed E-state index contributed by atoms with van der Waals surface area (Å²) in [6, 6.07) is 0. The van der Waals surface area contributed by atoms with E-state index in [1.54, 1.807) is 0 Å². The molecule has 0 atom stereocenters. The van der Waals surface area contributed by atoms with Crippen LogP contribution in [0.3, 0.4) is 0 Å². The Morgan fingerprint density at radius 1 is 1.40 bits per heavy atom. The molecule has 0 unspecified atom stereocenters. The van der Waals surface area contributed by atoms with Gasteiger partial charge < -0.3 is 0 Å². The predicted octanol–water partition coefficient (Wildman–Crippen LogP) is 0.575. The highest BCUT2D eigenvalue weighted by Gasteiger charge is 2.36. The van der Waals surface area contributed by atoms with Crippen molar-refractivity contribution in [1.82, 2.24) is 0 Å². The Kier molecular flexibility index (Phi) is 2.49. The van der Waals surface area contributed by atoms with Crippen LogP contribution in [0.1, 0.15) is 13.8 Å². The van der Waals surface area contributed by atoms with Crippen LogP contribution < -0.4 is 0 Å². The van der Waals surface area contributed by atoms with Crippen LogP contribution in [0.2, 0.25) is 0 Å². The number of carbonyl (C=O) groups excluding carboxylic acids is 1. The van der Waals surface area contributed by atoms with E-state index in [-0.39, 0.29) is 0 Å². The largest absolute Gasteiger partial charge is 0.280 e. The SMILES string of the molecule is CC(C)(C(=O)Cl)S(C)(=O)=O. The zero-order chi connectivity index (χ0) is 8.58. The average Bonchev–Trinajstić information content (AvgIpc) is 1.62. The Morgan fingerprint density at radius 2 is 1.70 bits per heavy atom. The fourth-order valence-electron chi connectivity index (χ4n) is 0.146. The van der Waals surface area contributed by atoms with Gasteiger partial charge in [0, 0.05) is 6.26 Å². The summed E-state index contributed by atoms with van der Waals surface area (Å²) in [5.74, 6) is 0. The maximum Gasteiger partial charge on any atom is 0.242 e. The van der Waals surface area contributed by atoms with Gasteiger partial charge in [0.15, 0.2) is 9.84 Å². The molecule has 0 bridgehead atoms. The Bertz CT molecular complexity index is 240. The van der Waals surface area contributed by atoms with Gasteiger partial charge in [-0.1, -0.05) is 0 Å². The molecule has 0 amide bonds. The number of halogens is 1. The minimum atomic E-state index is -3.38. The average molecular weight is 185 g/mol. The summed E-state index contributed by atoms with van der Waals surface area (Å²) in [6.07, 6.45) is 0.979. The van der Waals surface area contributed by atoms with Crippen molar-refractivity contribution in [3.05, 3.63) is 0 Å². The molecule has 0 heterocycles. The molecule has 0 fully saturated rings. The highest BCUT2D eigenvalue weighted by molar-refractivity contribution is 7.93. The zero-order valence-electron chi connectivity index (χ0n) is 6.01. The summed E-state index contributed by atoms with van der Waals surface area (Å²) in [4.78, 5) is 10.5. The van der Waals surface area contributed by atoms with Gasteiger partial charge in [-0.15, -0.1) is 0 Å². The van der Waals surface area contributed by atoms with Crippen LogP contribution in [-0.2, 0) is 14.6 Å². The summed E-state index contributed by atoms with van der Waals surface area (Å²) >= 11 is 5.04. The van der Waals surface area contributed by atoms with Crippen LogP contribution in [0.5, 0.6) is 0 Å². The molecule has 10 heavy (non-hydrogen) atoms. The lowest BCUT2D eigenvalue weighted by molar-refractivity contribution is -0.113. The Labute approximate surface area is 65.3 Å². The second-order valence-electron chi connectivity index (χ2n) is 2.56. The number of hydrogen-bond acceptors (Lipinski definition) is 3. The fraction of sp³-hybridized carbons (Fsp3) is 0.800. The van der Waals surface area contributed by atoms with Crippen molar-refractivity contribution in [1.29, 1.82) is 0 Å². The van der Waals surface area contributed by atoms with Gasteiger partial charge in [-0.05, 0) is 25.4 Å². The van der Waals surface area contributed by atoms with Gasteiger partial charge in [0.25, 0.3) is 0 Å². The molecule has 5 heteroatoms. The maximum absolute atomic E-state index is 10.8. The first-order valence-corrected chi connectivity index (χ1v) is 4.86. The van der Waals surface area contributed by atoms with E-state index in [9.17, 15) is 13.2 Å². The van der Waals surface area contributed by atoms with Gasteiger partial charge >= 0.3 is 0 Å². The van der Waals surface area contributed by atoms with Crippen LogP contribution in [-0.4, -0.2) is 24.7 Å². The van der Waals surface area contributed by atoms with Gasteiger partial charge in [0.1, 0.15) is 4.75 Å². The smallest absolute Gasteiger partial charge is 0.242 e. The molecule has 0 radical (unpaired) electrons. The van der Waals surface area contributed by atoms with Crippen LogP contribution >= 0.6 is 11.6 Å². The van der Waals surface area contributed by atoms with Crippen molar-refractivity contribution in [2.45, 2.75) is 18.6 Å². The Morgan fingerprint density at radius 3 is 1.70 bits per heavy atom. The van der Waals surface area contributed by atoms with E-state index in [1.165, 1.54) is 13.8 Å². The number of sulfone groups is 1. The molecule has 0 saturated heterocycles. The summed E-state index contributed by atoms with van der Waals surface area (Å²) in [5.41, 5.74) is 0. The van der Waals surface area contributed by atoms with Crippen molar-refractivity contribution in [2.75, 3.05) is 6.26 Å². The van der Waals surface area contributed by atoms with Gasteiger partial charge in [0.2, 0.25) is 5.24 Å². The third kappa shape index (κ3) is 1.70. The lowest BCUT2D eigenvalue weighted by Gasteiger charge is -2.15. The molecule has 0 aromatic heterocycles. The van der Waals surface area contributed by atoms with E-state index >= 15 is 0 Å². The molecule has 0 saturated carbocycles. The Hall–Kier alpha value is -0.0900. The molecule has 0 aromatic rings. The van der Waals surface area contributed by atoms with Crippen molar-refractivity contribution < 1.29 is 13.2 Å². The number of rotatable bonds is 2. The second kappa shape index (κ2) is 2.51. The molecule has 0 aliphatic carbocycles. The van der Waals surface area contributed by atoms with E-state index in [0.717, 1.165) is 6.26 Å². The monoisotopic (exact) mass is 184 g/mol. The molecule has 3 nitrogen and oxygen atoms in total. The topological polar surface area (TPSA) is 51.2 Å². The standard InChI is InChI=1S/C5H9ClO3S/c1-5(2,4(6)7)10(3,8)9/h1-3H3. The highest BCUT2D eigenvalue weighted by Crippen LogP contribution is 2.17. The molecular formula is C5H9ClO3S. The maximum atomic E-state index is 10.8. The minimum Gasteiger partial charge on any atom is -0.280 e. The molecule has 60 valence electrons. The summed E-state index contributed by atoms with van der Waals surface area (Å²) < 4.78 is 20.1. The second-order valence-corrected chi connectivity index (χ2v) is 5.46. The predicted molar refractivity (Wildman–Crippen MR) is 39.8 cm³/mol. The molecule has 0 spiro atoms. The van der Waals surface area contributed by atoms with E-state index in [1.807, 2.05) is 0 Å². The van der Waals surface area contributed by atoms with Crippen molar-refractivity contribution >= 4 is 26.7 Å². The van der Waals surface area contributed by atoms with Crippen LogP contribution in [0.4, 0.5) is 0 Å². The molecule has 0 aliphatic rings. The normalized spacial score (nSPS) is 13.2. The number of carbonyl (C=O) groups is 1. The van der Waals surface area contributed by atoms with E-state index in [2.05, 4.69) is 0 Å². The fourth-order valence-corrected chi connectivity index (χ4v) is 0.858. The van der Waals surface area contributed by atoms with E-state index in [0.29, 0.717) is 0 Å². The zero-order valence-corrected chi connectivity index (χ0v) is 7.58. The van der Waals surface area contributed by atoms with Crippen molar-refractivity contribution in [3.8, 4) is 0 Å². The first-order valence-electron chi connectivity index (χ1n) is 2.59. The lowest BCUT2D eigenvalue weighted by Crippen LogP contribution is -2.36. The van der Waals surface area contributed by atoms with Crippen LogP contribution in [0.15, 0.2) is 0 Å². The molecular weight excluding hydrogens is 176 g/mol. The third-order valence-electron chi connectivity index (χ3n) is 1.40. The van der Waals surface area contributed by atoms with Crippen LogP contribution in [0.25, 0.3) is 0 Å². The summed E-state index contributed by atoms with van der Waals surface area (Å²) in [5, 5.41) is -0.852. The molecule has 0 rings (SSSR count). The summed E-state index contributed by atoms with van der Waals surface area (Å²) in [6.45, 7) is 2.55. The quantitative estimate of drug-likeness (QED) is 0.590. The van der Waals surface area contributed by atoms with Crippen molar-refractivity contribution in [2.24, 2.45) is 0 Å². The minimum absolute atomic E-state index is 0.852. The summed E-state index contributed by atoms with van der Waals surface area (Å²) in [7, 11) is -3.38.